The van der Waals surface area contributed by atoms with E-state index in [0.717, 1.165) is 5.75 Å². The van der Waals surface area contributed by atoms with Crippen molar-refractivity contribution in [3.63, 3.8) is 0 Å². The lowest BCUT2D eigenvalue weighted by Crippen LogP contribution is -2.30. The van der Waals surface area contributed by atoms with Gasteiger partial charge in [-0.1, -0.05) is 18.2 Å². The summed E-state index contributed by atoms with van der Waals surface area (Å²) in [5, 5.41) is 2.83. The van der Waals surface area contributed by atoms with Crippen LogP contribution in [0.15, 0.2) is 47.4 Å². The predicted molar refractivity (Wildman–Crippen MR) is 102 cm³/mol. The van der Waals surface area contributed by atoms with E-state index >= 15 is 0 Å². The zero-order valence-electron chi connectivity index (χ0n) is 14.8. The molecular weight excluding hydrogens is 334 g/mol. The van der Waals surface area contributed by atoms with Crippen LogP contribution in [-0.2, 0) is 4.79 Å². The van der Waals surface area contributed by atoms with Crippen molar-refractivity contribution in [2.24, 2.45) is 0 Å². The fraction of sp³-hybridized carbons (Fsp3) is 0.300. The molecule has 4 nitrogen and oxygen atoms in total. The molecular formula is C20H23NO3S. The highest BCUT2D eigenvalue weighted by Crippen LogP contribution is 2.20. The first-order valence-electron chi connectivity index (χ1n) is 8.16. The highest BCUT2D eigenvalue weighted by atomic mass is 32.2. The van der Waals surface area contributed by atoms with Gasteiger partial charge in [0, 0.05) is 22.8 Å². The van der Waals surface area contributed by atoms with Crippen LogP contribution in [-0.4, -0.2) is 30.6 Å². The van der Waals surface area contributed by atoms with Crippen molar-refractivity contribution in [2.75, 3.05) is 18.9 Å². The molecule has 0 atom stereocenters. The van der Waals surface area contributed by atoms with Crippen molar-refractivity contribution < 1.29 is 14.3 Å². The zero-order valence-corrected chi connectivity index (χ0v) is 15.6. The Morgan fingerprint density at radius 1 is 1.08 bits per heavy atom. The summed E-state index contributed by atoms with van der Waals surface area (Å²) in [5.41, 5.74) is 3.13. The summed E-state index contributed by atoms with van der Waals surface area (Å²) in [4.78, 5) is 24.4. The number of amides is 1. The number of hydrogen-bond acceptors (Lipinski definition) is 4. The van der Waals surface area contributed by atoms with E-state index in [-0.39, 0.29) is 18.3 Å². The van der Waals surface area contributed by atoms with Gasteiger partial charge in [-0.05, 0) is 56.2 Å². The van der Waals surface area contributed by atoms with Crippen LogP contribution in [0.2, 0.25) is 0 Å². The largest absolute Gasteiger partial charge is 0.484 e. The molecule has 132 valence electrons. The van der Waals surface area contributed by atoms with Crippen LogP contribution >= 0.6 is 11.8 Å². The van der Waals surface area contributed by atoms with E-state index in [9.17, 15) is 9.59 Å². The summed E-state index contributed by atoms with van der Waals surface area (Å²) in [7, 11) is 0. The quantitative estimate of drug-likeness (QED) is 0.444. The number of benzene rings is 2. The monoisotopic (exact) mass is 357 g/mol. The Morgan fingerprint density at radius 3 is 2.60 bits per heavy atom. The fourth-order valence-corrected chi connectivity index (χ4v) is 3.03. The molecule has 1 N–H and O–H groups in total. The first-order chi connectivity index (χ1) is 12.0. The molecule has 1 amide bonds. The van der Waals surface area contributed by atoms with Crippen molar-refractivity contribution in [1.82, 2.24) is 5.32 Å². The van der Waals surface area contributed by atoms with Gasteiger partial charge in [0.2, 0.25) is 0 Å². The average Bonchev–Trinajstić information content (AvgIpc) is 2.60. The summed E-state index contributed by atoms with van der Waals surface area (Å²) in [6.45, 7) is 6.21. The maximum absolute atomic E-state index is 11.8. The lowest BCUT2D eigenvalue weighted by Gasteiger charge is -2.09. The smallest absolute Gasteiger partial charge is 0.257 e. The first kappa shape index (κ1) is 19.1. The minimum atomic E-state index is -0.172. The molecule has 0 bridgehead atoms. The number of aryl methyl sites for hydroxylation is 2. The Labute approximate surface area is 153 Å². The normalized spacial score (nSPS) is 10.4. The highest BCUT2D eigenvalue weighted by molar-refractivity contribution is 7.99. The standard InChI is InChI=1S/C20H23NO3S/c1-14-7-8-19(11-15(14)2)25-10-9-21-20(23)13-24-18-6-4-5-17(12-18)16(3)22/h4-8,11-12H,9-10,13H2,1-3H3,(H,21,23). The molecule has 0 unspecified atom stereocenters. The van der Waals surface area contributed by atoms with Crippen LogP contribution in [0.3, 0.4) is 0 Å². The molecule has 0 radical (unpaired) electrons. The number of thioether (sulfide) groups is 1. The summed E-state index contributed by atoms with van der Waals surface area (Å²) >= 11 is 1.71. The topological polar surface area (TPSA) is 55.4 Å². The molecule has 5 heteroatoms. The Bertz CT molecular complexity index is 758. The van der Waals surface area contributed by atoms with E-state index in [1.165, 1.54) is 22.9 Å². The predicted octanol–water partition coefficient (Wildman–Crippen LogP) is 3.79. The summed E-state index contributed by atoms with van der Waals surface area (Å²) in [5.74, 6) is 1.12. The minimum Gasteiger partial charge on any atom is -0.484 e. The second-order valence-corrected chi connectivity index (χ2v) is 6.99. The van der Waals surface area contributed by atoms with Gasteiger partial charge in [0.15, 0.2) is 12.4 Å². The summed E-state index contributed by atoms with van der Waals surface area (Å²) in [6, 6.07) is 13.2. The van der Waals surface area contributed by atoms with Gasteiger partial charge in [0.1, 0.15) is 5.75 Å². The maximum Gasteiger partial charge on any atom is 0.257 e. The van der Waals surface area contributed by atoms with E-state index < -0.39 is 0 Å². The Morgan fingerprint density at radius 2 is 1.88 bits per heavy atom. The van der Waals surface area contributed by atoms with Crippen molar-refractivity contribution in [3.05, 3.63) is 59.2 Å². The van der Waals surface area contributed by atoms with E-state index in [1.54, 1.807) is 36.0 Å². The lowest BCUT2D eigenvalue weighted by atomic mass is 10.1. The van der Waals surface area contributed by atoms with Crippen LogP contribution in [0.5, 0.6) is 5.75 Å². The van der Waals surface area contributed by atoms with E-state index in [4.69, 9.17) is 4.74 Å². The van der Waals surface area contributed by atoms with Gasteiger partial charge in [-0.3, -0.25) is 9.59 Å². The lowest BCUT2D eigenvalue weighted by molar-refractivity contribution is -0.122. The van der Waals surface area contributed by atoms with Crippen LogP contribution < -0.4 is 10.1 Å². The van der Waals surface area contributed by atoms with Gasteiger partial charge in [-0.25, -0.2) is 0 Å². The summed E-state index contributed by atoms with van der Waals surface area (Å²) < 4.78 is 5.43. The van der Waals surface area contributed by atoms with Crippen molar-refractivity contribution >= 4 is 23.5 Å². The molecule has 0 saturated carbocycles. The van der Waals surface area contributed by atoms with E-state index in [1.807, 2.05) is 0 Å². The number of rotatable bonds is 8. The molecule has 0 aromatic heterocycles. The molecule has 25 heavy (non-hydrogen) atoms. The average molecular weight is 357 g/mol. The van der Waals surface area contributed by atoms with Gasteiger partial charge in [0.25, 0.3) is 5.91 Å². The SMILES string of the molecule is CC(=O)c1cccc(OCC(=O)NCCSc2ccc(C)c(C)c2)c1. The van der Waals surface area contributed by atoms with Gasteiger partial charge in [-0.2, -0.15) is 0 Å². The molecule has 2 aromatic rings. The number of Topliss-reactive ketones (excluding diaryl/α,β-unsaturated/α-hetero) is 1. The van der Waals surface area contributed by atoms with Gasteiger partial charge in [0.05, 0.1) is 0 Å². The molecule has 2 aromatic carbocycles. The van der Waals surface area contributed by atoms with Gasteiger partial charge in [-0.15, -0.1) is 11.8 Å². The molecule has 0 saturated heterocycles. The van der Waals surface area contributed by atoms with Crippen LogP contribution in [0.25, 0.3) is 0 Å². The summed E-state index contributed by atoms with van der Waals surface area (Å²) in [6.07, 6.45) is 0. The molecule has 0 aliphatic heterocycles. The van der Waals surface area contributed by atoms with Crippen molar-refractivity contribution in [1.29, 1.82) is 0 Å². The highest BCUT2D eigenvalue weighted by Gasteiger charge is 2.05. The van der Waals surface area contributed by atoms with E-state index in [0.29, 0.717) is 17.9 Å². The molecule has 0 spiro atoms. The molecule has 0 aliphatic carbocycles. The Balaban J connectivity index is 1.69. The number of ketones is 1. The van der Waals surface area contributed by atoms with Gasteiger partial charge >= 0.3 is 0 Å². The number of nitrogens with one attached hydrogen (secondary N) is 1. The van der Waals surface area contributed by atoms with Crippen LogP contribution in [0.1, 0.15) is 28.4 Å². The fourth-order valence-electron chi connectivity index (χ4n) is 2.17. The molecule has 0 aliphatic rings. The minimum absolute atomic E-state index is 0.0294. The Hall–Kier alpha value is -2.27. The second kappa shape index (κ2) is 9.28. The Kier molecular flexibility index (Phi) is 7.07. The third kappa shape index (κ3) is 6.27. The zero-order chi connectivity index (χ0) is 18.2. The van der Waals surface area contributed by atoms with Crippen molar-refractivity contribution in [2.45, 2.75) is 25.7 Å². The third-order valence-corrected chi connectivity index (χ3v) is 4.78. The molecule has 2 rings (SSSR count). The first-order valence-corrected chi connectivity index (χ1v) is 9.15. The maximum atomic E-state index is 11.8. The number of hydrogen-bond donors (Lipinski definition) is 1. The number of carbonyl (C=O) groups is 2. The van der Waals surface area contributed by atoms with Crippen molar-refractivity contribution in [3.8, 4) is 5.75 Å². The number of ether oxygens (including phenoxy) is 1. The third-order valence-electron chi connectivity index (χ3n) is 3.78. The van der Waals surface area contributed by atoms with Gasteiger partial charge < -0.3 is 10.1 Å². The van der Waals surface area contributed by atoms with Crippen LogP contribution in [0.4, 0.5) is 0 Å². The number of carbonyl (C=O) groups excluding carboxylic acids is 2. The van der Waals surface area contributed by atoms with E-state index in [2.05, 4.69) is 37.4 Å². The van der Waals surface area contributed by atoms with Crippen LogP contribution in [0, 0.1) is 13.8 Å². The molecule has 0 heterocycles. The second-order valence-electron chi connectivity index (χ2n) is 5.82. The molecule has 0 fully saturated rings.